The SMILES string of the molecule is O=C1CCN(C(=O)COc2ccc(Cl)cc2)c2ccccc2N1. The summed E-state index contributed by atoms with van der Waals surface area (Å²) in [5, 5.41) is 3.41. The monoisotopic (exact) mass is 330 g/mol. The summed E-state index contributed by atoms with van der Waals surface area (Å²) in [6.45, 7) is 0.218. The number of halogens is 1. The molecule has 0 radical (unpaired) electrons. The molecule has 0 saturated heterocycles. The molecule has 0 aromatic heterocycles. The third-order valence-electron chi connectivity index (χ3n) is 3.51. The molecule has 1 heterocycles. The van der Waals surface area contributed by atoms with Gasteiger partial charge in [0.25, 0.3) is 5.91 Å². The van der Waals surface area contributed by atoms with E-state index in [0.717, 1.165) is 0 Å². The molecular weight excluding hydrogens is 316 g/mol. The van der Waals surface area contributed by atoms with Crippen LogP contribution in [-0.2, 0) is 9.59 Å². The number of carbonyl (C=O) groups is 2. The van der Waals surface area contributed by atoms with Crippen molar-refractivity contribution in [1.82, 2.24) is 0 Å². The Morgan fingerprint density at radius 2 is 1.91 bits per heavy atom. The van der Waals surface area contributed by atoms with Crippen molar-refractivity contribution in [3.63, 3.8) is 0 Å². The van der Waals surface area contributed by atoms with E-state index in [1.807, 2.05) is 12.1 Å². The van der Waals surface area contributed by atoms with Crippen LogP contribution in [0.4, 0.5) is 11.4 Å². The zero-order valence-electron chi connectivity index (χ0n) is 12.3. The average Bonchev–Trinajstić information content (AvgIpc) is 2.72. The van der Waals surface area contributed by atoms with E-state index in [0.29, 0.717) is 28.7 Å². The van der Waals surface area contributed by atoms with Gasteiger partial charge in [0, 0.05) is 18.0 Å². The summed E-state index contributed by atoms with van der Waals surface area (Å²) in [6, 6.07) is 14.0. The number of ether oxygens (including phenoxy) is 1. The predicted octanol–water partition coefficient (Wildman–Crippen LogP) is 3.09. The lowest BCUT2D eigenvalue weighted by atomic mass is 10.2. The van der Waals surface area contributed by atoms with Gasteiger partial charge in [-0.2, -0.15) is 0 Å². The molecule has 6 heteroatoms. The highest BCUT2D eigenvalue weighted by molar-refractivity contribution is 6.30. The molecule has 2 aromatic rings. The van der Waals surface area contributed by atoms with Crippen LogP contribution >= 0.6 is 11.6 Å². The number of nitrogens with zero attached hydrogens (tertiary/aromatic N) is 1. The maximum Gasteiger partial charge on any atom is 0.264 e. The molecule has 3 rings (SSSR count). The van der Waals surface area contributed by atoms with Gasteiger partial charge in [0.15, 0.2) is 6.61 Å². The van der Waals surface area contributed by atoms with Crippen LogP contribution in [0.2, 0.25) is 5.02 Å². The number of hydrogen-bond acceptors (Lipinski definition) is 3. The Morgan fingerprint density at radius 3 is 2.70 bits per heavy atom. The molecule has 2 amide bonds. The Balaban J connectivity index is 1.74. The van der Waals surface area contributed by atoms with Gasteiger partial charge in [0.2, 0.25) is 5.91 Å². The van der Waals surface area contributed by atoms with Crippen LogP contribution in [-0.4, -0.2) is 25.0 Å². The van der Waals surface area contributed by atoms with Gasteiger partial charge < -0.3 is 15.0 Å². The van der Waals surface area contributed by atoms with E-state index in [4.69, 9.17) is 16.3 Å². The van der Waals surface area contributed by atoms with Gasteiger partial charge in [-0.1, -0.05) is 23.7 Å². The molecule has 0 fully saturated rings. The number of nitrogens with one attached hydrogen (secondary N) is 1. The molecular formula is C17H15ClN2O3. The maximum absolute atomic E-state index is 12.5. The van der Waals surface area contributed by atoms with Crippen LogP contribution in [0.1, 0.15) is 6.42 Å². The molecule has 118 valence electrons. The summed E-state index contributed by atoms with van der Waals surface area (Å²) < 4.78 is 5.50. The van der Waals surface area contributed by atoms with E-state index in [9.17, 15) is 9.59 Å². The summed E-state index contributed by atoms with van der Waals surface area (Å²) in [7, 11) is 0. The molecule has 0 unspecified atom stereocenters. The number of carbonyl (C=O) groups excluding carboxylic acids is 2. The van der Waals surface area contributed by atoms with Crippen molar-refractivity contribution in [3.8, 4) is 5.75 Å². The zero-order chi connectivity index (χ0) is 16.2. The first-order valence-electron chi connectivity index (χ1n) is 7.21. The molecule has 1 aliphatic rings. The Bertz CT molecular complexity index is 731. The number of rotatable bonds is 3. The normalized spacial score (nSPS) is 13.8. The molecule has 0 spiro atoms. The number of para-hydroxylation sites is 2. The fraction of sp³-hybridized carbons (Fsp3) is 0.176. The van der Waals surface area contributed by atoms with Crippen molar-refractivity contribution in [2.75, 3.05) is 23.4 Å². The number of amides is 2. The van der Waals surface area contributed by atoms with Gasteiger partial charge >= 0.3 is 0 Å². The molecule has 23 heavy (non-hydrogen) atoms. The van der Waals surface area contributed by atoms with Crippen LogP contribution in [0.15, 0.2) is 48.5 Å². The molecule has 0 saturated carbocycles. The van der Waals surface area contributed by atoms with Crippen LogP contribution in [0.3, 0.4) is 0 Å². The van der Waals surface area contributed by atoms with Gasteiger partial charge in [0.05, 0.1) is 11.4 Å². The molecule has 2 aromatic carbocycles. The summed E-state index contributed by atoms with van der Waals surface area (Å²) in [6.07, 6.45) is 0.251. The first-order valence-corrected chi connectivity index (χ1v) is 7.59. The van der Waals surface area contributed by atoms with Crippen molar-refractivity contribution >= 4 is 34.8 Å². The molecule has 0 atom stereocenters. The number of hydrogen-bond donors (Lipinski definition) is 1. The highest BCUT2D eigenvalue weighted by Gasteiger charge is 2.23. The summed E-state index contributed by atoms with van der Waals surface area (Å²) in [4.78, 5) is 25.8. The standard InChI is InChI=1S/C17H15ClN2O3/c18-12-5-7-13(8-6-12)23-11-17(22)20-10-9-16(21)19-14-3-1-2-4-15(14)20/h1-8H,9-11H2,(H,19,21). The molecule has 5 nitrogen and oxygen atoms in total. The lowest BCUT2D eigenvalue weighted by molar-refractivity contribution is -0.120. The first kappa shape index (κ1) is 15.4. The van der Waals surface area contributed by atoms with Crippen molar-refractivity contribution in [2.24, 2.45) is 0 Å². The minimum absolute atomic E-state index is 0.105. The van der Waals surface area contributed by atoms with Gasteiger partial charge in [0.1, 0.15) is 5.75 Å². The van der Waals surface area contributed by atoms with Gasteiger partial charge in [-0.25, -0.2) is 0 Å². The fourth-order valence-corrected chi connectivity index (χ4v) is 2.50. The summed E-state index contributed by atoms with van der Waals surface area (Å²) in [5.74, 6) is 0.260. The molecule has 0 aliphatic carbocycles. The lowest BCUT2D eigenvalue weighted by Crippen LogP contribution is -2.35. The highest BCUT2D eigenvalue weighted by Crippen LogP contribution is 2.28. The Labute approximate surface area is 138 Å². The van der Waals surface area contributed by atoms with Crippen LogP contribution in [0.25, 0.3) is 0 Å². The summed E-state index contributed by atoms with van der Waals surface area (Å²) in [5.41, 5.74) is 1.32. The topological polar surface area (TPSA) is 58.6 Å². The van der Waals surface area contributed by atoms with Crippen LogP contribution in [0.5, 0.6) is 5.75 Å². The van der Waals surface area contributed by atoms with Crippen LogP contribution < -0.4 is 15.0 Å². The predicted molar refractivity (Wildman–Crippen MR) is 89.0 cm³/mol. The number of fused-ring (bicyclic) bond motifs is 1. The summed E-state index contributed by atoms with van der Waals surface area (Å²) >= 11 is 5.81. The van der Waals surface area contributed by atoms with Crippen LogP contribution in [0, 0.1) is 0 Å². The van der Waals surface area contributed by atoms with E-state index in [-0.39, 0.29) is 24.8 Å². The van der Waals surface area contributed by atoms with E-state index in [1.54, 1.807) is 41.3 Å². The minimum Gasteiger partial charge on any atom is -0.484 e. The fourth-order valence-electron chi connectivity index (χ4n) is 2.37. The first-order chi connectivity index (χ1) is 11.1. The van der Waals surface area contributed by atoms with Crippen molar-refractivity contribution in [1.29, 1.82) is 0 Å². The smallest absolute Gasteiger partial charge is 0.264 e. The van der Waals surface area contributed by atoms with E-state index in [1.165, 1.54) is 0 Å². The number of anilines is 2. The lowest BCUT2D eigenvalue weighted by Gasteiger charge is -2.22. The second-order valence-electron chi connectivity index (χ2n) is 5.10. The number of benzene rings is 2. The van der Waals surface area contributed by atoms with E-state index >= 15 is 0 Å². The quantitative estimate of drug-likeness (QED) is 0.940. The second-order valence-corrected chi connectivity index (χ2v) is 5.54. The largest absolute Gasteiger partial charge is 0.484 e. The molecule has 1 N–H and O–H groups in total. The molecule has 1 aliphatic heterocycles. The molecule has 0 bridgehead atoms. The Hall–Kier alpha value is -2.53. The third kappa shape index (κ3) is 3.63. The third-order valence-corrected chi connectivity index (χ3v) is 3.76. The average molecular weight is 331 g/mol. The second kappa shape index (κ2) is 6.71. The van der Waals surface area contributed by atoms with Crippen molar-refractivity contribution < 1.29 is 14.3 Å². The van der Waals surface area contributed by atoms with Gasteiger partial charge in [-0.05, 0) is 36.4 Å². The Morgan fingerprint density at radius 1 is 1.17 bits per heavy atom. The Kier molecular flexibility index (Phi) is 4.48. The van der Waals surface area contributed by atoms with Gasteiger partial charge in [-0.3, -0.25) is 9.59 Å². The van der Waals surface area contributed by atoms with Gasteiger partial charge in [-0.15, -0.1) is 0 Å². The van der Waals surface area contributed by atoms with Crippen molar-refractivity contribution in [2.45, 2.75) is 6.42 Å². The highest BCUT2D eigenvalue weighted by atomic mass is 35.5. The van der Waals surface area contributed by atoms with Crippen molar-refractivity contribution in [3.05, 3.63) is 53.6 Å². The zero-order valence-corrected chi connectivity index (χ0v) is 13.0. The maximum atomic E-state index is 12.5. The minimum atomic E-state index is -0.205. The van der Waals surface area contributed by atoms with E-state index in [2.05, 4.69) is 5.32 Å². The van der Waals surface area contributed by atoms with E-state index < -0.39 is 0 Å².